The van der Waals surface area contributed by atoms with Crippen molar-refractivity contribution in [2.24, 2.45) is 5.92 Å². The van der Waals surface area contributed by atoms with Gasteiger partial charge >= 0.3 is 0 Å². The predicted molar refractivity (Wildman–Crippen MR) is 109 cm³/mol. The lowest BCUT2D eigenvalue weighted by molar-refractivity contribution is 0.159. The fourth-order valence-electron chi connectivity index (χ4n) is 4.18. The molecule has 4 rings (SSSR count). The van der Waals surface area contributed by atoms with Crippen molar-refractivity contribution in [3.05, 3.63) is 65.7 Å². The predicted octanol–water partition coefficient (Wildman–Crippen LogP) is 3.91. The smallest absolute Gasteiger partial charge is 0.148 e. The number of hydrogen-bond donors (Lipinski definition) is 2. The Morgan fingerprint density at radius 2 is 2.07 bits per heavy atom. The highest BCUT2D eigenvalue weighted by molar-refractivity contribution is 5.67. The number of rotatable bonds is 5. The molecule has 146 valence electrons. The molecule has 1 aliphatic carbocycles. The molecule has 7 heteroatoms. The summed E-state index contributed by atoms with van der Waals surface area (Å²) < 4.78 is 14.3. The van der Waals surface area contributed by atoms with E-state index in [1.54, 1.807) is 30.5 Å². The van der Waals surface area contributed by atoms with Gasteiger partial charge in [0.1, 0.15) is 11.6 Å². The lowest BCUT2D eigenvalue weighted by Crippen LogP contribution is -2.47. The van der Waals surface area contributed by atoms with Gasteiger partial charge in [0, 0.05) is 29.4 Å². The summed E-state index contributed by atoms with van der Waals surface area (Å²) in [6.07, 6.45) is 3.39. The molecule has 0 aliphatic heterocycles. The van der Waals surface area contributed by atoms with Gasteiger partial charge in [-0.05, 0) is 61.2 Å². The van der Waals surface area contributed by atoms with E-state index in [1.165, 1.54) is 6.07 Å². The summed E-state index contributed by atoms with van der Waals surface area (Å²) in [7, 11) is 0. The second kappa shape index (κ2) is 7.47. The lowest BCUT2D eigenvalue weighted by Gasteiger charge is -2.46. The quantitative estimate of drug-likeness (QED) is 0.643. The third kappa shape index (κ3) is 3.74. The molecule has 3 aromatic rings. The summed E-state index contributed by atoms with van der Waals surface area (Å²) in [5, 5.41) is 20.9. The van der Waals surface area contributed by atoms with Crippen LogP contribution in [-0.2, 0) is 5.41 Å². The zero-order valence-electron chi connectivity index (χ0n) is 16.1. The Morgan fingerprint density at radius 3 is 2.72 bits per heavy atom. The van der Waals surface area contributed by atoms with Gasteiger partial charge in [-0.15, -0.1) is 10.2 Å². The van der Waals surface area contributed by atoms with Crippen molar-refractivity contribution in [3.63, 3.8) is 0 Å². The zero-order valence-corrected chi connectivity index (χ0v) is 16.1. The Morgan fingerprint density at radius 1 is 1.24 bits per heavy atom. The van der Waals surface area contributed by atoms with Gasteiger partial charge in [0.05, 0.1) is 23.0 Å². The number of nitrogens with zero attached hydrogens (tertiary/aromatic N) is 4. The van der Waals surface area contributed by atoms with E-state index in [0.29, 0.717) is 40.9 Å². The van der Waals surface area contributed by atoms with Gasteiger partial charge in [-0.2, -0.15) is 5.26 Å². The van der Waals surface area contributed by atoms with E-state index in [0.717, 1.165) is 18.4 Å². The number of hydrogen-bond acceptors (Lipinski definition) is 6. The fourth-order valence-corrected chi connectivity index (χ4v) is 4.18. The number of pyridine rings is 1. The van der Waals surface area contributed by atoms with E-state index in [-0.39, 0.29) is 11.2 Å². The lowest BCUT2D eigenvalue weighted by atomic mass is 9.60. The molecule has 0 spiro atoms. The van der Waals surface area contributed by atoms with Crippen LogP contribution in [0.25, 0.3) is 11.3 Å². The highest BCUT2D eigenvalue weighted by Crippen LogP contribution is 2.47. The van der Waals surface area contributed by atoms with Crippen LogP contribution in [-0.4, -0.2) is 21.7 Å². The van der Waals surface area contributed by atoms with Crippen molar-refractivity contribution in [2.75, 3.05) is 17.6 Å². The number of benzene rings is 1. The van der Waals surface area contributed by atoms with Crippen molar-refractivity contribution in [1.29, 1.82) is 5.26 Å². The molecular weight excluding hydrogens is 367 g/mol. The number of nitrogens with two attached hydrogens (primary N) is 1. The highest BCUT2D eigenvalue weighted by Gasteiger charge is 2.46. The molecule has 2 heterocycles. The van der Waals surface area contributed by atoms with Gasteiger partial charge in [-0.25, -0.2) is 4.39 Å². The number of halogens is 1. The first kappa shape index (κ1) is 18.8. The molecule has 1 fully saturated rings. The number of aromatic nitrogens is 3. The van der Waals surface area contributed by atoms with Crippen LogP contribution in [0.15, 0.2) is 48.7 Å². The third-order valence-corrected chi connectivity index (χ3v) is 5.39. The fraction of sp³-hybridized carbons (Fsp3) is 0.273. The number of nitriles is 1. The Balaban J connectivity index is 1.51. The molecule has 0 saturated heterocycles. The molecule has 0 bridgehead atoms. The van der Waals surface area contributed by atoms with Crippen LogP contribution in [0, 0.1) is 23.1 Å². The summed E-state index contributed by atoms with van der Waals surface area (Å²) in [6.45, 7) is 2.70. The van der Waals surface area contributed by atoms with Crippen LogP contribution in [0.2, 0.25) is 0 Å². The molecule has 3 N–H and O–H groups in total. The van der Waals surface area contributed by atoms with Crippen molar-refractivity contribution >= 4 is 11.5 Å². The Bertz CT molecular complexity index is 1070. The van der Waals surface area contributed by atoms with Gasteiger partial charge in [-0.3, -0.25) is 4.98 Å². The zero-order chi connectivity index (χ0) is 20.4. The van der Waals surface area contributed by atoms with Gasteiger partial charge in [0.2, 0.25) is 0 Å². The summed E-state index contributed by atoms with van der Waals surface area (Å²) >= 11 is 0. The Hall–Kier alpha value is -3.53. The van der Waals surface area contributed by atoms with Crippen molar-refractivity contribution in [3.8, 4) is 17.3 Å². The molecule has 2 aromatic heterocycles. The maximum Gasteiger partial charge on any atom is 0.148 e. The van der Waals surface area contributed by atoms with Gasteiger partial charge in [0.15, 0.2) is 0 Å². The second-order valence-corrected chi connectivity index (χ2v) is 7.74. The molecule has 1 saturated carbocycles. The second-order valence-electron chi connectivity index (χ2n) is 7.74. The normalized spacial score (nSPS) is 20.5. The average Bonchev–Trinajstić information content (AvgIpc) is 2.70. The minimum Gasteiger partial charge on any atom is -0.399 e. The molecule has 0 atom stereocenters. The molecule has 6 nitrogen and oxygen atoms in total. The molecule has 0 unspecified atom stereocenters. The van der Waals surface area contributed by atoms with E-state index in [1.807, 2.05) is 12.1 Å². The summed E-state index contributed by atoms with van der Waals surface area (Å²) in [5.41, 5.74) is 8.37. The summed E-state index contributed by atoms with van der Waals surface area (Å²) in [4.78, 5) is 4.31. The Kier molecular flexibility index (Phi) is 4.85. The van der Waals surface area contributed by atoms with E-state index < -0.39 is 0 Å². The molecule has 0 radical (unpaired) electrons. The van der Waals surface area contributed by atoms with E-state index in [4.69, 9.17) is 11.0 Å². The maximum atomic E-state index is 14.3. The van der Waals surface area contributed by atoms with E-state index in [9.17, 15) is 4.39 Å². The van der Waals surface area contributed by atoms with Crippen molar-refractivity contribution in [2.45, 2.75) is 25.2 Å². The van der Waals surface area contributed by atoms with Crippen LogP contribution in [0.5, 0.6) is 0 Å². The molecule has 1 aliphatic rings. The molecule has 0 amide bonds. The maximum absolute atomic E-state index is 14.3. The van der Waals surface area contributed by atoms with E-state index >= 15 is 0 Å². The summed E-state index contributed by atoms with van der Waals surface area (Å²) in [5.74, 6) is 0.871. The van der Waals surface area contributed by atoms with Crippen LogP contribution in [0.1, 0.15) is 31.0 Å². The first-order valence-electron chi connectivity index (χ1n) is 9.49. The van der Waals surface area contributed by atoms with Crippen LogP contribution < -0.4 is 11.1 Å². The van der Waals surface area contributed by atoms with Gasteiger partial charge in [-0.1, -0.05) is 6.92 Å². The van der Waals surface area contributed by atoms with Crippen LogP contribution in [0.4, 0.5) is 15.9 Å². The standard InChI is InChI=1S/C22H21FN6/c1-14-10-22(11-14,21-18(23)3-2-6-26-21)13-27-20-5-4-19(28-29-20)16-7-15(12-24)8-17(25)9-16/h2-9,14H,10-11,13,25H2,1H3,(H,27,29). The van der Waals surface area contributed by atoms with Crippen molar-refractivity contribution < 1.29 is 4.39 Å². The molecule has 1 aromatic carbocycles. The molecule has 29 heavy (non-hydrogen) atoms. The minimum absolute atomic E-state index is 0.266. The van der Waals surface area contributed by atoms with Gasteiger partial charge < -0.3 is 11.1 Å². The largest absolute Gasteiger partial charge is 0.399 e. The minimum atomic E-state index is -0.333. The first-order valence-corrected chi connectivity index (χ1v) is 9.49. The number of anilines is 2. The highest BCUT2D eigenvalue weighted by atomic mass is 19.1. The third-order valence-electron chi connectivity index (χ3n) is 5.39. The SMILES string of the molecule is CC1CC(CNc2ccc(-c3cc(N)cc(C#N)c3)nn2)(c2ncccc2F)C1. The summed E-state index contributed by atoms with van der Waals surface area (Å²) in [6, 6.07) is 13.9. The van der Waals surface area contributed by atoms with E-state index in [2.05, 4.69) is 33.5 Å². The topological polar surface area (TPSA) is 101 Å². The van der Waals surface area contributed by atoms with Crippen LogP contribution in [0.3, 0.4) is 0 Å². The average molecular weight is 388 g/mol. The van der Waals surface area contributed by atoms with Crippen LogP contribution >= 0.6 is 0 Å². The van der Waals surface area contributed by atoms with Gasteiger partial charge in [0.25, 0.3) is 0 Å². The Labute approximate surface area is 168 Å². The number of nitrogen functional groups attached to an aromatic ring is 1. The van der Waals surface area contributed by atoms with Crippen molar-refractivity contribution in [1.82, 2.24) is 15.2 Å². The number of nitrogens with one attached hydrogen (secondary N) is 1. The first-order chi connectivity index (χ1) is 14.0. The monoisotopic (exact) mass is 388 g/mol. The molecular formula is C22H21FN6.